The molecule has 0 bridgehead atoms. The second kappa shape index (κ2) is 10.00. The minimum Gasteiger partial charge on any atom is -0.444 e. The smallest absolute Gasteiger partial charge is 0.410 e. The summed E-state index contributed by atoms with van der Waals surface area (Å²) in [6, 6.07) is 0. The van der Waals surface area contributed by atoms with Crippen LogP contribution in [0.4, 0.5) is 4.79 Å². The van der Waals surface area contributed by atoms with Gasteiger partial charge in [-0.25, -0.2) is 4.79 Å². The highest BCUT2D eigenvalue weighted by atomic mass is 16.6. The van der Waals surface area contributed by atoms with E-state index >= 15 is 0 Å². The Morgan fingerprint density at radius 3 is 2.45 bits per heavy atom. The highest BCUT2D eigenvalue weighted by Crippen LogP contribution is 2.10. The van der Waals surface area contributed by atoms with Gasteiger partial charge in [0, 0.05) is 33.4 Å². The molecule has 20 heavy (non-hydrogen) atoms. The molecule has 0 rings (SSSR count). The van der Waals surface area contributed by atoms with Crippen LogP contribution >= 0.6 is 0 Å². The first kappa shape index (κ1) is 19.2. The maximum absolute atomic E-state index is 12.0. The van der Waals surface area contributed by atoms with Crippen LogP contribution in [0.2, 0.25) is 0 Å². The van der Waals surface area contributed by atoms with Gasteiger partial charge in [0.15, 0.2) is 0 Å². The molecule has 0 aliphatic carbocycles. The van der Waals surface area contributed by atoms with Crippen molar-refractivity contribution in [3.05, 3.63) is 0 Å². The average Bonchev–Trinajstić information content (AvgIpc) is 2.31. The van der Waals surface area contributed by atoms with Gasteiger partial charge in [-0.3, -0.25) is 0 Å². The summed E-state index contributed by atoms with van der Waals surface area (Å²) in [5.41, 5.74) is -0.441. The fourth-order valence-corrected chi connectivity index (χ4v) is 1.80. The van der Waals surface area contributed by atoms with Gasteiger partial charge in [0.25, 0.3) is 0 Å². The molecule has 0 saturated heterocycles. The first-order chi connectivity index (χ1) is 9.30. The number of rotatable bonds is 9. The Morgan fingerprint density at radius 2 is 1.95 bits per heavy atom. The summed E-state index contributed by atoms with van der Waals surface area (Å²) in [6.07, 6.45) is 0.699. The lowest BCUT2D eigenvalue weighted by Crippen LogP contribution is -2.41. The lowest BCUT2D eigenvalue weighted by atomic mass is 10.2. The fourth-order valence-electron chi connectivity index (χ4n) is 1.80. The Morgan fingerprint density at radius 1 is 1.30 bits per heavy atom. The van der Waals surface area contributed by atoms with Crippen LogP contribution in [-0.2, 0) is 9.47 Å². The summed E-state index contributed by atoms with van der Waals surface area (Å²) in [5.74, 6) is 0.473. The van der Waals surface area contributed by atoms with Gasteiger partial charge in [-0.2, -0.15) is 0 Å². The minimum atomic E-state index is -0.441. The quantitative estimate of drug-likeness (QED) is 0.662. The van der Waals surface area contributed by atoms with E-state index in [1.165, 1.54) is 0 Å². The Balaban J connectivity index is 4.05. The zero-order valence-corrected chi connectivity index (χ0v) is 14.0. The summed E-state index contributed by atoms with van der Waals surface area (Å²) in [6.45, 7) is 13.7. The number of nitrogens with zero attached hydrogens (tertiary/aromatic N) is 1. The van der Waals surface area contributed by atoms with Gasteiger partial charge in [-0.15, -0.1) is 0 Å². The van der Waals surface area contributed by atoms with E-state index in [1.807, 2.05) is 20.8 Å². The molecule has 0 aromatic heterocycles. The van der Waals surface area contributed by atoms with Crippen molar-refractivity contribution in [2.45, 2.75) is 46.6 Å². The number of amides is 1. The lowest BCUT2D eigenvalue weighted by molar-refractivity contribution is 0.0251. The third kappa shape index (κ3) is 10.0. The van der Waals surface area contributed by atoms with E-state index < -0.39 is 5.60 Å². The van der Waals surface area contributed by atoms with Crippen molar-refractivity contribution in [1.29, 1.82) is 0 Å². The molecule has 0 aromatic rings. The number of carbonyl (C=O) groups is 1. The van der Waals surface area contributed by atoms with Gasteiger partial charge in [0.2, 0.25) is 0 Å². The largest absolute Gasteiger partial charge is 0.444 e. The van der Waals surface area contributed by atoms with E-state index in [9.17, 15) is 4.79 Å². The van der Waals surface area contributed by atoms with Crippen molar-refractivity contribution in [2.24, 2.45) is 5.92 Å². The highest BCUT2D eigenvalue weighted by Gasteiger charge is 2.21. The number of methoxy groups -OCH3 is 1. The predicted molar refractivity (Wildman–Crippen MR) is 82.0 cm³/mol. The lowest BCUT2D eigenvalue weighted by Gasteiger charge is -2.27. The maximum Gasteiger partial charge on any atom is 0.410 e. The molecule has 0 aromatic carbocycles. The zero-order chi connectivity index (χ0) is 15.6. The Labute approximate surface area is 124 Å². The standard InChI is InChI=1S/C15H32N2O3/c1-7-9-17(14(18)20-15(3,4)5)10-8-16-11-13(2)12-19-6/h13,16H,7-12H2,1-6H3. The first-order valence-electron chi connectivity index (χ1n) is 7.47. The Hall–Kier alpha value is -0.810. The number of nitrogens with one attached hydrogen (secondary N) is 1. The number of hydrogen-bond acceptors (Lipinski definition) is 4. The maximum atomic E-state index is 12.0. The molecule has 0 aliphatic rings. The van der Waals surface area contributed by atoms with Gasteiger partial charge in [-0.05, 0) is 39.7 Å². The predicted octanol–water partition coefficient (Wildman–Crippen LogP) is 2.51. The van der Waals surface area contributed by atoms with Crippen molar-refractivity contribution in [2.75, 3.05) is 39.9 Å². The van der Waals surface area contributed by atoms with Crippen molar-refractivity contribution < 1.29 is 14.3 Å². The van der Waals surface area contributed by atoms with E-state index in [0.717, 1.165) is 32.7 Å². The summed E-state index contributed by atoms with van der Waals surface area (Å²) in [5, 5.41) is 3.35. The molecular formula is C15H32N2O3. The summed E-state index contributed by atoms with van der Waals surface area (Å²) in [4.78, 5) is 13.8. The second-order valence-electron chi connectivity index (χ2n) is 6.23. The minimum absolute atomic E-state index is 0.230. The van der Waals surface area contributed by atoms with E-state index in [2.05, 4.69) is 19.2 Å². The molecule has 0 heterocycles. The molecule has 120 valence electrons. The molecule has 1 atom stereocenters. The fraction of sp³-hybridized carbons (Fsp3) is 0.933. The van der Waals surface area contributed by atoms with Crippen molar-refractivity contribution in [1.82, 2.24) is 10.2 Å². The second-order valence-corrected chi connectivity index (χ2v) is 6.23. The van der Waals surface area contributed by atoms with E-state index in [4.69, 9.17) is 9.47 Å². The highest BCUT2D eigenvalue weighted by molar-refractivity contribution is 5.68. The third-order valence-electron chi connectivity index (χ3n) is 2.65. The van der Waals surface area contributed by atoms with Crippen molar-refractivity contribution >= 4 is 6.09 Å². The van der Waals surface area contributed by atoms with Crippen LogP contribution in [0.15, 0.2) is 0 Å². The Bertz CT molecular complexity index is 264. The number of carbonyl (C=O) groups excluding carboxylic acids is 1. The van der Waals surface area contributed by atoms with Crippen LogP contribution in [0.1, 0.15) is 41.0 Å². The van der Waals surface area contributed by atoms with Gasteiger partial charge in [-0.1, -0.05) is 13.8 Å². The third-order valence-corrected chi connectivity index (χ3v) is 2.65. The Kier molecular flexibility index (Phi) is 9.59. The van der Waals surface area contributed by atoms with Crippen LogP contribution in [0.5, 0.6) is 0 Å². The molecular weight excluding hydrogens is 256 g/mol. The van der Waals surface area contributed by atoms with Crippen LogP contribution in [0, 0.1) is 5.92 Å². The molecule has 0 radical (unpaired) electrons. The molecule has 0 aliphatic heterocycles. The van der Waals surface area contributed by atoms with Crippen molar-refractivity contribution in [3.8, 4) is 0 Å². The molecule has 0 fully saturated rings. The van der Waals surface area contributed by atoms with Gasteiger partial charge in [0.05, 0.1) is 0 Å². The molecule has 0 spiro atoms. The molecule has 0 saturated carbocycles. The van der Waals surface area contributed by atoms with Crippen LogP contribution in [0.25, 0.3) is 0 Å². The summed E-state index contributed by atoms with van der Waals surface area (Å²) in [7, 11) is 1.71. The topological polar surface area (TPSA) is 50.8 Å². The molecule has 1 unspecified atom stereocenters. The van der Waals surface area contributed by atoms with Gasteiger partial charge in [0.1, 0.15) is 5.60 Å². The van der Waals surface area contributed by atoms with E-state index in [-0.39, 0.29) is 6.09 Å². The van der Waals surface area contributed by atoms with Crippen LogP contribution in [-0.4, -0.2) is 56.5 Å². The molecule has 5 nitrogen and oxygen atoms in total. The summed E-state index contributed by atoms with van der Waals surface area (Å²) < 4.78 is 10.5. The SMILES string of the molecule is CCCN(CCNCC(C)COC)C(=O)OC(C)(C)C. The number of hydrogen-bond donors (Lipinski definition) is 1. The van der Waals surface area contributed by atoms with Gasteiger partial charge < -0.3 is 19.7 Å². The van der Waals surface area contributed by atoms with Gasteiger partial charge >= 0.3 is 6.09 Å². The number of ether oxygens (including phenoxy) is 2. The van der Waals surface area contributed by atoms with Crippen LogP contribution in [0.3, 0.4) is 0 Å². The molecule has 5 heteroatoms. The molecule has 1 amide bonds. The van der Waals surface area contributed by atoms with Crippen LogP contribution < -0.4 is 5.32 Å². The molecule has 1 N–H and O–H groups in total. The van der Waals surface area contributed by atoms with E-state index in [1.54, 1.807) is 12.0 Å². The van der Waals surface area contributed by atoms with E-state index in [0.29, 0.717) is 12.5 Å². The first-order valence-corrected chi connectivity index (χ1v) is 7.47. The monoisotopic (exact) mass is 288 g/mol. The summed E-state index contributed by atoms with van der Waals surface area (Å²) >= 11 is 0. The zero-order valence-electron chi connectivity index (χ0n) is 14.0. The normalized spacial score (nSPS) is 13.1. The average molecular weight is 288 g/mol. The van der Waals surface area contributed by atoms with Crippen molar-refractivity contribution in [3.63, 3.8) is 0 Å².